The first-order valence-corrected chi connectivity index (χ1v) is 11.7. The number of hydrogen-bond donors (Lipinski definition) is 1. The number of nitrogens with one attached hydrogen (secondary N) is 1. The predicted molar refractivity (Wildman–Crippen MR) is 119 cm³/mol. The Balaban J connectivity index is 0.00000117. The van der Waals surface area contributed by atoms with Crippen LogP contribution in [0.5, 0.6) is 0 Å². The van der Waals surface area contributed by atoms with Crippen molar-refractivity contribution >= 4 is 10.0 Å². The fraction of sp³-hybridized carbons (Fsp3) is 0.280. The molecule has 1 atom stereocenters. The summed E-state index contributed by atoms with van der Waals surface area (Å²) in [6.07, 6.45) is 2.64. The molecule has 152 valence electrons. The van der Waals surface area contributed by atoms with Crippen LogP contribution in [0.2, 0.25) is 0 Å². The summed E-state index contributed by atoms with van der Waals surface area (Å²) in [5.74, 6) is 0. The van der Waals surface area contributed by atoms with Crippen LogP contribution in [-0.4, -0.2) is 8.42 Å². The lowest BCUT2D eigenvalue weighted by atomic mass is 9.73. The molecule has 3 nitrogen and oxygen atoms in total. The Morgan fingerprint density at radius 3 is 2.14 bits per heavy atom. The van der Waals surface area contributed by atoms with Crippen LogP contribution in [0.15, 0.2) is 83.8 Å². The summed E-state index contributed by atoms with van der Waals surface area (Å²) in [4.78, 5) is 0.298. The van der Waals surface area contributed by atoms with Gasteiger partial charge in [-0.1, -0.05) is 86.1 Å². The summed E-state index contributed by atoms with van der Waals surface area (Å²) in [5.41, 5.74) is 3.53. The van der Waals surface area contributed by atoms with E-state index in [0.717, 1.165) is 36.0 Å². The summed E-state index contributed by atoms with van der Waals surface area (Å²) < 4.78 is 29.7. The van der Waals surface area contributed by atoms with Crippen LogP contribution in [0.1, 0.15) is 48.9 Å². The highest BCUT2D eigenvalue weighted by Crippen LogP contribution is 2.41. The molecule has 0 fully saturated rings. The van der Waals surface area contributed by atoms with Crippen molar-refractivity contribution < 1.29 is 8.42 Å². The van der Waals surface area contributed by atoms with Gasteiger partial charge in [0.25, 0.3) is 0 Å². The van der Waals surface area contributed by atoms with Crippen molar-refractivity contribution in [1.29, 1.82) is 0 Å². The molecule has 3 aromatic carbocycles. The van der Waals surface area contributed by atoms with Gasteiger partial charge in [0.2, 0.25) is 10.0 Å². The summed E-state index contributed by atoms with van der Waals surface area (Å²) in [6, 6.07) is 25.1. The molecule has 1 N–H and O–H groups in total. The molecule has 0 bridgehead atoms. The maximum Gasteiger partial charge on any atom is 0.241 e. The summed E-state index contributed by atoms with van der Waals surface area (Å²) in [7, 11) is -3.68. The Bertz CT molecular complexity index is 1040. The topological polar surface area (TPSA) is 46.2 Å². The highest BCUT2D eigenvalue weighted by Gasteiger charge is 2.41. The first-order valence-electron chi connectivity index (χ1n) is 10.3. The van der Waals surface area contributed by atoms with Gasteiger partial charge >= 0.3 is 0 Å². The van der Waals surface area contributed by atoms with Crippen molar-refractivity contribution in [2.24, 2.45) is 0 Å². The standard InChI is InChI=1S/C23H23NO2S.C2H6/c1-18-13-15-21(16-14-18)27(25,26)24-23(20-10-3-2-4-11-20)17-7-9-19-8-5-6-12-22(19)23;1-2/h2-6,8,10-16,24H,7,9,17H2,1H3;1-2H3. The first kappa shape index (κ1) is 21.3. The third-order valence-corrected chi connectivity index (χ3v) is 6.89. The maximum atomic E-state index is 13.3. The van der Waals surface area contributed by atoms with E-state index < -0.39 is 15.6 Å². The molecule has 1 aliphatic carbocycles. The van der Waals surface area contributed by atoms with Gasteiger partial charge in [-0.3, -0.25) is 0 Å². The van der Waals surface area contributed by atoms with Gasteiger partial charge in [0.15, 0.2) is 0 Å². The second kappa shape index (κ2) is 8.93. The molecule has 0 aromatic heterocycles. The van der Waals surface area contributed by atoms with E-state index in [1.807, 2.05) is 75.4 Å². The monoisotopic (exact) mass is 407 g/mol. The fourth-order valence-corrected chi connectivity index (χ4v) is 5.43. The SMILES string of the molecule is CC.Cc1ccc(S(=O)(=O)NC2(c3ccccc3)CCCc3ccccc32)cc1. The Kier molecular flexibility index (Phi) is 6.56. The molecular weight excluding hydrogens is 378 g/mol. The fourth-order valence-electron chi connectivity index (χ4n) is 4.03. The van der Waals surface area contributed by atoms with E-state index >= 15 is 0 Å². The van der Waals surface area contributed by atoms with Gasteiger partial charge in [-0.25, -0.2) is 8.42 Å². The van der Waals surface area contributed by atoms with Crippen molar-refractivity contribution in [3.05, 3.63) is 101 Å². The lowest BCUT2D eigenvalue weighted by Gasteiger charge is -2.40. The smallest absolute Gasteiger partial charge is 0.207 e. The van der Waals surface area contributed by atoms with Gasteiger partial charge in [-0.15, -0.1) is 0 Å². The first-order chi connectivity index (χ1) is 14.0. The largest absolute Gasteiger partial charge is 0.241 e. The molecular formula is C25H29NO2S. The molecule has 0 radical (unpaired) electrons. The van der Waals surface area contributed by atoms with Crippen LogP contribution in [0.4, 0.5) is 0 Å². The number of sulfonamides is 1. The molecule has 3 aromatic rings. The number of aryl methyl sites for hydroxylation is 2. The molecule has 0 saturated heterocycles. The second-order valence-corrected chi connectivity index (χ2v) is 8.88. The molecule has 0 amide bonds. The zero-order valence-electron chi connectivity index (χ0n) is 17.4. The Labute approximate surface area is 174 Å². The van der Waals surface area contributed by atoms with Crippen LogP contribution in [0.25, 0.3) is 0 Å². The highest BCUT2D eigenvalue weighted by atomic mass is 32.2. The van der Waals surface area contributed by atoms with Crippen molar-refractivity contribution in [2.75, 3.05) is 0 Å². The minimum absolute atomic E-state index is 0.298. The van der Waals surface area contributed by atoms with Gasteiger partial charge in [0.1, 0.15) is 0 Å². The Morgan fingerprint density at radius 2 is 1.45 bits per heavy atom. The van der Waals surface area contributed by atoms with Gasteiger partial charge in [-0.2, -0.15) is 4.72 Å². The maximum absolute atomic E-state index is 13.3. The molecule has 0 spiro atoms. The van der Waals surface area contributed by atoms with Crippen LogP contribution < -0.4 is 4.72 Å². The average Bonchev–Trinajstić information content (AvgIpc) is 2.76. The Hall–Kier alpha value is -2.43. The molecule has 0 heterocycles. The normalized spacial score (nSPS) is 18.3. The minimum atomic E-state index is -3.68. The van der Waals surface area contributed by atoms with E-state index in [4.69, 9.17) is 0 Å². The Morgan fingerprint density at radius 1 is 0.828 bits per heavy atom. The molecule has 1 aliphatic rings. The van der Waals surface area contributed by atoms with Crippen molar-refractivity contribution in [3.63, 3.8) is 0 Å². The van der Waals surface area contributed by atoms with E-state index in [2.05, 4.69) is 16.9 Å². The van der Waals surface area contributed by atoms with E-state index in [0.29, 0.717) is 4.90 Å². The summed E-state index contributed by atoms with van der Waals surface area (Å²) >= 11 is 0. The van der Waals surface area contributed by atoms with E-state index in [-0.39, 0.29) is 0 Å². The second-order valence-electron chi connectivity index (χ2n) is 7.20. The molecule has 0 aliphatic heterocycles. The van der Waals surface area contributed by atoms with Crippen LogP contribution in [-0.2, 0) is 22.0 Å². The van der Waals surface area contributed by atoms with Crippen LogP contribution in [0, 0.1) is 6.92 Å². The van der Waals surface area contributed by atoms with Crippen LogP contribution >= 0.6 is 0 Å². The lowest BCUT2D eigenvalue weighted by molar-refractivity contribution is 0.397. The van der Waals surface area contributed by atoms with E-state index in [1.54, 1.807) is 12.1 Å². The average molecular weight is 408 g/mol. The van der Waals surface area contributed by atoms with Gasteiger partial charge < -0.3 is 0 Å². The minimum Gasteiger partial charge on any atom is -0.207 e. The number of rotatable bonds is 4. The van der Waals surface area contributed by atoms with E-state index in [9.17, 15) is 8.42 Å². The van der Waals surface area contributed by atoms with Gasteiger partial charge in [0.05, 0.1) is 10.4 Å². The zero-order chi connectivity index (χ0) is 20.9. The quantitative estimate of drug-likeness (QED) is 0.614. The number of benzene rings is 3. The van der Waals surface area contributed by atoms with Crippen molar-refractivity contribution in [2.45, 2.75) is 50.5 Å². The molecule has 0 saturated carbocycles. The number of fused-ring (bicyclic) bond motifs is 1. The lowest BCUT2D eigenvalue weighted by Crippen LogP contribution is -2.48. The van der Waals surface area contributed by atoms with E-state index in [1.165, 1.54) is 5.56 Å². The van der Waals surface area contributed by atoms with Crippen molar-refractivity contribution in [3.8, 4) is 0 Å². The predicted octanol–water partition coefficient (Wildman–Crippen LogP) is 5.58. The summed E-state index contributed by atoms with van der Waals surface area (Å²) in [6.45, 7) is 5.95. The summed E-state index contributed by atoms with van der Waals surface area (Å²) in [5, 5.41) is 0. The van der Waals surface area contributed by atoms with Gasteiger partial charge in [0, 0.05) is 0 Å². The third kappa shape index (κ3) is 4.29. The van der Waals surface area contributed by atoms with Crippen molar-refractivity contribution in [1.82, 2.24) is 4.72 Å². The van der Waals surface area contributed by atoms with Crippen LogP contribution in [0.3, 0.4) is 0 Å². The highest BCUT2D eigenvalue weighted by molar-refractivity contribution is 7.89. The number of hydrogen-bond acceptors (Lipinski definition) is 2. The zero-order valence-corrected chi connectivity index (χ0v) is 18.2. The third-order valence-electron chi connectivity index (χ3n) is 5.38. The molecule has 4 heteroatoms. The molecule has 29 heavy (non-hydrogen) atoms. The van der Waals surface area contributed by atoms with Gasteiger partial charge in [-0.05, 0) is 55.0 Å². The molecule has 1 unspecified atom stereocenters. The molecule has 4 rings (SSSR count).